The molecule has 0 bridgehead atoms. The highest BCUT2D eigenvalue weighted by Gasteiger charge is 2.36. The van der Waals surface area contributed by atoms with Crippen LogP contribution in [0.15, 0.2) is 41.5 Å². The van der Waals surface area contributed by atoms with Crippen LogP contribution in [-0.2, 0) is 4.79 Å². The largest absolute Gasteiger partial charge is 0.372 e. The molecule has 1 heterocycles. The number of nitrogens with zero attached hydrogens (tertiary/aromatic N) is 3. The van der Waals surface area contributed by atoms with Crippen molar-refractivity contribution in [3.63, 3.8) is 0 Å². The van der Waals surface area contributed by atoms with E-state index in [1.807, 2.05) is 12.1 Å². The van der Waals surface area contributed by atoms with E-state index in [0.717, 1.165) is 31.6 Å². The summed E-state index contributed by atoms with van der Waals surface area (Å²) in [6.07, 6.45) is 5.73. The van der Waals surface area contributed by atoms with Crippen molar-refractivity contribution in [3.8, 4) is 0 Å². The lowest BCUT2D eigenvalue weighted by atomic mass is 9.95. The van der Waals surface area contributed by atoms with Crippen molar-refractivity contribution in [3.05, 3.63) is 36.5 Å². The number of rotatable bonds is 5. The fourth-order valence-corrected chi connectivity index (χ4v) is 3.66. The van der Waals surface area contributed by atoms with Gasteiger partial charge < -0.3 is 4.90 Å². The van der Waals surface area contributed by atoms with Gasteiger partial charge in [0.25, 0.3) is 5.91 Å². The molecule has 5 heteroatoms. The Bertz CT molecular complexity index is 655. The van der Waals surface area contributed by atoms with E-state index in [4.69, 9.17) is 0 Å². The maximum absolute atomic E-state index is 12.8. The Morgan fingerprint density at radius 3 is 2.40 bits per heavy atom. The van der Waals surface area contributed by atoms with Crippen molar-refractivity contribution in [2.75, 3.05) is 18.0 Å². The quantitative estimate of drug-likeness (QED) is 0.887. The number of anilines is 1. The van der Waals surface area contributed by atoms with Gasteiger partial charge in [-0.1, -0.05) is 25.8 Å². The van der Waals surface area contributed by atoms with Crippen LogP contribution in [-0.4, -0.2) is 35.8 Å². The summed E-state index contributed by atoms with van der Waals surface area (Å²) in [6.45, 7) is 10.2. The van der Waals surface area contributed by atoms with Gasteiger partial charge in [0.05, 0.1) is 17.4 Å². The maximum Gasteiger partial charge on any atom is 0.293 e. The van der Waals surface area contributed by atoms with Crippen molar-refractivity contribution >= 4 is 23.0 Å². The van der Waals surface area contributed by atoms with Gasteiger partial charge in [-0.2, -0.15) is 0 Å². The van der Waals surface area contributed by atoms with Crippen LogP contribution in [0.4, 0.5) is 11.4 Å². The second-order valence-electron chi connectivity index (χ2n) is 6.71. The van der Waals surface area contributed by atoms with Gasteiger partial charge in [-0.25, -0.2) is 10.0 Å². The molecule has 0 spiro atoms. The molecule has 2 fully saturated rings. The molecule has 25 heavy (non-hydrogen) atoms. The molecule has 5 nitrogen and oxygen atoms in total. The predicted octanol–water partition coefficient (Wildman–Crippen LogP) is 3.80. The van der Waals surface area contributed by atoms with Crippen LogP contribution in [0.25, 0.3) is 0 Å². The predicted molar refractivity (Wildman–Crippen MR) is 103 cm³/mol. The minimum Gasteiger partial charge on any atom is -0.372 e. The molecular weight excluding hydrogens is 312 g/mol. The van der Waals surface area contributed by atoms with Crippen molar-refractivity contribution in [2.45, 2.75) is 52.0 Å². The SMILES string of the molecule is C=C1NN(C2CCCCC2)C(=O)C1=Nc1ccc(N(CC)CC)cc1. The maximum atomic E-state index is 12.8. The van der Waals surface area contributed by atoms with Gasteiger partial charge in [0.15, 0.2) is 5.71 Å². The molecule has 0 aromatic heterocycles. The zero-order chi connectivity index (χ0) is 17.8. The Labute approximate surface area is 150 Å². The molecule has 3 rings (SSSR count). The third kappa shape index (κ3) is 3.70. The minimum absolute atomic E-state index is 0.0512. The van der Waals surface area contributed by atoms with E-state index in [-0.39, 0.29) is 11.9 Å². The number of carbonyl (C=O) groups excluding carboxylic acids is 1. The van der Waals surface area contributed by atoms with Crippen molar-refractivity contribution in [1.82, 2.24) is 10.4 Å². The molecule has 134 valence electrons. The molecule has 0 unspecified atom stereocenters. The molecular formula is C20H28N4O. The summed E-state index contributed by atoms with van der Waals surface area (Å²) < 4.78 is 0. The Morgan fingerprint density at radius 2 is 1.80 bits per heavy atom. The summed E-state index contributed by atoms with van der Waals surface area (Å²) >= 11 is 0. The number of nitrogens with one attached hydrogen (secondary N) is 1. The molecule has 1 aliphatic heterocycles. The molecule has 0 radical (unpaired) electrons. The van der Waals surface area contributed by atoms with E-state index in [1.165, 1.54) is 24.9 Å². The number of hydrogen-bond donors (Lipinski definition) is 1. The second-order valence-corrected chi connectivity index (χ2v) is 6.71. The molecule has 1 aromatic rings. The first-order valence-electron chi connectivity index (χ1n) is 9.37. The lowest BCUT2D eigenvalue weighted by Crippen LogP contribution is -2.44. The summed E-state index contributed by atoms with van der Waals surface area (Å²) in [5, 5.41) is 1.74. The first-order chi connectivity index (χ1) is 12.1. The Hall–Kier alpha value is -2.30. The number of benzene rings is 1. The smallest absolute Gasteiger partial charge is 0.293 e. The normalized spacial score (nSPS) is 20.2. The standard InChI is InChI=1S/C20H28N4O/c1-4-23(5-2)17-13-11-16(12-14-17)21-19-15(3)22-24(20(19)25)18-9-7-6-8-10-18/h11-14,18,22H,3-10H2,1-2H3. The van der Waals surface area contributed by atoms with Crippen molar-refractivity contribution < 1.29 is 4.79 Å². The van der Waals surface area contributed by atoms with Gasteiger partial charge in [-0.15, -0.1) is 0 Å². The summed E-state index contributed by atoms with van der Waals surface area (Å²) in [5.74, 6) is -0.0512. The summed E-state index contributed by atoms with van der Waals surface area (Å²) in [4.78, 5) is 19.6. The zero-order valence-corrected chi connectivity index (χ0v) is 15.3. The van der Waals surface area contributed by atoms with Gasteiger partial charge in [0.2, 0.25) is 0 Å². The van der Waals surface area contributed by atoms with Crippen LogP contribution in [0.1, 0.15) is 46.0 Å². The second kappa shape index (κ2) is 7.72. The Morgan fingerprint density at radius 1 is 1.16 bits per heavy atom. The van der Waals surface area contributed by atoms with Gasteiger partial charge in [0, 0.05) is 18.8 Å². The van der Waals surface area contributed by atoms with Crippen molar-refractivity contribution in [2.24, 2.45) is 4.99 Å². The number of aliphatic imine (C=N–C) groups is 1. The summed E-state index contributed by atoms with van der Waals surface area (Å²) in [6, 6.07) is 8.30. The van der Waals surface area contributed by atoms with Crippen LogP contribution in [0.3, 0.4) is 0 Å². The number of carbonyl (C=O) groups is 1. The minimum atomic E-state index is -0.0512. The number of hydrogen-bond acceptors (Lipinski definition) is 4. The molecule has 1 aliphatic carbocycles. The highest BCUT2D eigenvalue weighted by Crippen LogP contribution is 2.26. The average Bonchev–Trinajstić information content (AvgIpc) is 2.93. The first-order valence-corrected chi connectivity index (χ1v) is 9.37. The van der Waals surface area contributed by atoms with Gasteiger partial charge in [-0.3, -0.25) is 10.2 Å². The van der Waals surface area contributed by atoms with Gasteiger partial charge >= 0.3 is 0 Å². The molecule has 1 aromatic carbocycles. The molecule has 1 amide bonds. The molecule has 1 N–H and O–H groups in total. The fraction of sp³-hybridized carbons (Fsp3) is 0.500. The average molecular weight is 340 g/mol. The number of amides is 1. The molecule has 1 saturated heterocycles. The van der Waals surface area contributed by atoms with Crippen LogP contribution < -0.4 is 10.3 Å². The van der Waals surface area contributed by atoms with E-state index in [2.05, 4.69) is 47.9 Å². The summed E-state index contributed by atoms with van der Waals surface area (Å²) in [7, 11) is 0. The van der Waals surface area contributed by atoms with Crippen molar-refractivity contribution in [1.29, 1.82) is 0 Å². The van der Waals surface area contributed by atoms with E-state index in [0.29, 0.717) is 11.4 Å². The Balaban J connectivity index is 1.76. The number of hydrazine groups is 1. The van der Waals surface area contributed by atoms with Gasteiger partial charge in [-0.05, 0) is 51.0 Å². The highest BCUT2D eigenvalue weighted by atomic mass is 16.2. The van der Waals surface area contributed by atoms with Crippen LogP contribution >= 0.6 is 0 Å². The van der Waals surface area contributed by atoms with E-state index < -0.39 is 0 Å². The highest BCUT2D eigenvalue weighted by molar-refractivity contribution is 6.47. The van der Waals surface area contributed by atoms with E-state index in [1.54, 1.807) is 5.01 Å². The molecule has 0 atom stereocenters. The molecule has 2 aliphatic rings. The van der Waals surface area contributed by atoms with Crippen LogP contribution in [0.5, 0.6) is 0 Å². The zero-order valence-electron chi connectivity index (χ0n) is 15.3. The monoisotopic (exact) mass is 340 g/mol. The topological polar surface area (TPSA) is 47.9 Å². The molecule has 1 saturated carbocycles. The lowest BCUT2D eigenvalue weighted by molar-refractivity contribution is -0.127. The van der Waals surface area contributed by atoms with Crippen LogP contribution in [0.2, 0.25) is 0 Å². The third-order valence-electron chi connectivity index (χ3n) is 5.12. The van der Waals surface area contributed by atoms with Gasteiger partial charge in [0.1, 0.15) is 0 Å². The van der Waals surface area contributed by atoms with E-state index in [9.17, 15) is 4.79 Å². The third-order valence-corrected chi connectivity index (χ3v) is 5.12. The summed E-state index contributed by atoms with van der Waals surface area (Å²) in [5.41, 5.74) is 6.13. The Kier molecular flexibility index (Phi) is 5.41. The van der Waals surface area contributed by atoms with Crippen LogP contribution in [0, 0.1) is 0 Å². The lowest BCUT2D eigenvalue weighted by Gasteiger charge is -2.30. The van der Waals surface area contributed by atoms with E-state index >= 15 is 0 Å². The first kappa shape index (κ1) is 17.5. The fourth-order valence-electron chi connectivity index (χ4n) is 3.66.